The summed E-state index contributed by atoms with van der Waals surface area (Å²) in [5.74, 6) is 1.19. The summed E-state index contributed by atoms with van der Waals surface area (Å²) in [6.45, 7) is 5.10. The summed E-state index contributed by atoms with van der Waals surface area (Å²) >= 11 is 0. The van der Waals surface area contributed by atoms with E-state index in [9.17, 15) is 9.50 Å². The first-order chi connectivity index (χ1) is 16.0. The van der Waals surface area contributed by atoms with Crippen LogP contribution in [0.4, 0.5) is 4.39 Å². The largest absolute Gasteiger partial charge is 0.489 e. The predicted octanol–water partition coefficient (Wildman–Crippen LogP) is 5.24. The van der Waals surface area contributed by atoms with Gasteiger partial charge in [-0.05, 0) is 66.9 Å². The third kappa shape index (κ3) is 6.34. The van der Waals surface area contributed by atoms with Crippen molar-refractivity contribution < 1.29 is 19.0 Å². The van der Waals surface area contributed by atoms with Crippen molar-refractivity contribution in [3.05, 3.63) is 95.8 Å². The molecule has 3 aromatic carbocycles. The van der Waals surface area contributed by atoms with Gasteiger partial charge in [0.1, 0.15) is 35.6 Å². The van der Waals surface area contributed by atoms with Gasteiger partial charge in [-0.1, -0.05) is 49.4 Å². The summed E-state index contributed by atoms with van der Waals surface area (Å²) in [5, 5.41) is 11.6. The first-order valence-corrected chi connectivity index (χ1v) is 11.7. The fraction of sp³-hybridized carbons (Fsp3) is 0.357. The summed E-state index contributed by atoms with van der Waals surface area (Å²) in [6, 6.07) is 24.0. The molecule has 0 aliphatic carbocycles. The van der Waals surface area contributed by atoms with Gasteiger partial charge in [-0.3, -0.25) is 4.90 Å². The molecule has 4 rings (SSSR count). The molecule has 2 atom stereocenters. The Balaban J connectivity index is 1.44. The van der Waals surface area contributed by atoms with E-state index in [1.807, 2.05) is 54.6 Å². The van der Waals surface area contributed by atoms with E-state index in [1.165, 1.54) is 12.1 Å². The zero-order chi connectivity index (χ0) is 23.1. The summed E-state index contributed by atoms with van der Waals surface area (Å²) < 4.78 is 25.6. The fourth-order valence-electron chi connectivity index (χ4n) is 4.35. The number of piperidine rings is 1. The van der Waals surface area contributed by atoms with Gasteiger partial charge in [0.05, 0.1) is 0 Å². The van der Waals surface area contributed by atoms with Crippen LogP contribution < -0.4 is 9.47 Å². The van der Waals surface area contributed by atoms with E-state index in [1.54, 1.807) is 12.1 Å². The number of aliphatic hydroxyl groups is 1. The molecule has 0 bridgehead atoms. The van der Waals surface area contributed by atoms with Crippen molar-refractivity contribution in [1.29, 1.82) is 0 Å². The number of benzene rings is 3. The summed E-state index contributed by atoms with van der Waals surface area (Å²) in [7, 11) is 0. The molecule has 4 nitrogen and oxygen atoms in total. The Morgan fingerprint density at radius 3 is 2.33 bits per heavy atom. The number of ether oxygens (including phenoxy) is 2. The highest BCUT2D eigenvalue weighted by Crippen LogP contribution is 2.31. The van der Waals surface area contributed by atoms with E-state index in [2.05, 4.69) is 11.8 Å². The molecule has 0 spiro atoms. The molecule has 0 amide bonds. The van der Waals surface area contributed by atoms with Crippen molar-refractivity contribution in [2.75, 3.05) is 19.6 Å². The minimum Gasteiger partial charge on any atom is -0.489 e. The molecule has 0 radical (unpaired) electrons. The first-order valence-electron chi connectivity index (χ1n) is 11.7. The number of rotatable bonds is 9. The van der Waals surface area contributed by atoms with Crippen LogP contribution in [-0.2, 0) is 13.0 Å². The topological polar surface area (TPSA) is 41.9 Å². The summed E-state index contributed by atoms with van der Waals surface area (Å²) in [4.78, 5) is 2.33. The van der Waals surface area contributed by atoms with Crippen molar-refractivity contribution in [2.24, 2.45) is 0 Å². The molecule has 3 aromatic rings. The molecule has 1 fully saturated rings. The Labute approximate surface area is 195 Å². The number of hydrogen-bond acceptors (Lipinski definition) is 4. The number of halogens is 1. The quantitative estimate of drug-likeness (QED) is 0.485. The Morgan fingerprint density at radius 1 is 0.939 bits per heavy atom. The molecule has 5 heteroatoms. The van der Waals surface area contributed by atoms with Gasteiger partial charge < -0.3 is 14.6 Å². The van der Waals surface area contributed by atoms with Crippen molar-refractivity contribution >= 4 is 0 Å². The molecule has 1 saturated heterocycles. The van der Waals surface area contributed by atoms with Crippen LogP contribution in [0.5, 0.6) is 11.5 Å². The lowest BCUT2D eigenvalue weighted by Gasteiger charge is -2.44. The van der Waals surface area contributed by atoms with Gasteiger partial charge in [-0.25, -0.2) is 4.39 Å². The maximum Gasteiger partial charge on any atom is 0.140 e. The Bertz CT molecular complexity index is 994. The smallest absolute Gasteiger partial charge is 0.140 e. The van der Waals surface area contributed by atoms with Crippen LogP contribution in [-0.4, -0.2) is 41.3 Å². The second kappa shape index (κ2) is 10.8. The average Bonchev–Trinajstić information content (AvgIpc) is 2.83. The molecule has 1 N–H and O–H groups in total. The van der Waals surface area contributed by atoms with Gasteiger partial charge in [0, 0.05) is 19.5 Å². The van der Waals surface area contributed by atoms with Crippen molar-refractivity contribution in [3.63, 3.8) is 0 Å². The van der Waals surface area contributed by atoms with E-state index >= 15 is 0 Å². The second-order valence-electron chi connectivity index (χ2n) is 8.81. The Hall–Kier alpha value is -2.89. The van der Waals surface area contributed by atoms with Crippen LogP contribution >= 0.6 is 0 Å². The summed E-state index contributed by atoms with van der Waals surface area (Å²) in [6.07, 6.45) is 1.69. The third-order valence-electron chi connectivity index (χ3n) is 6.20. The molecule has 2 unspecified atom stereocenters. The zero-order valence-corrected chi connectivity index (χ0v) is 19.1. The lowest BCUT2D eigenvalue weighted by Crippen LogP contribution is -2.59. The van der Waals surface area contributed by atoms with Gasteiger partial charge in [0.25, 0.3) is 0 Å². The Morgan fingerprint density at radius 2 is 1.64 bits per heavy atom. The standard InChI is InChI=1S/C28H32FNO3/c1-2-17-30-18-16-28(31,19-22-8-10-24(29)11-9-22)27(20-30)33-26-14-12-25(13-15-26)32-21-23-6-4-3-5-7-23/h3-15,27,31H,2,16-21H2,1H3. The molecule has 33 heavy (non-hydrogen) atoms. The fourth-order valence-corrected chi connectivity index (χ4v) is 4.35. The van der Waals surface area contributed by atoms with Crippen molar-refractivity contribution in [1.82, 2.24) is 4.90 Å². The maximum atomic E-state index is 13.3. The van der Waals surface area contributed by atoms with E-state index in [0.717, 1.165) is 36.4 Å². The van der Waals surface area contributed by atoms with E-state index < -0.39 is 5.60 Å². The van der Waals surface area contributed by atoms with Crippen LogP contribution in [0.2, 0.25) is 0 Å². The van der Waals surface area contributed by atoms with Crippen molar-refractivity contribution in [2.45, 2.75) is 44.5 Å². The lowest BCUT2D eigenvalue weighted by atomic mass is 9.82. The minimum absolute atomic E-state index is 0.272. The second-order valence-corrected chi connectivity index (χ2v) is 8.81. The van der Waals surface area contributed by atoms with Crippen LogP contribution in [0.1, 0.15) is 30.9 Å². The molecular formula is C28H32FNO3. The van der Waals surface area contributed by atoms with Gasteiger partial charge in [-0.15, -0.1) is 0 Å². The monoisotopic (exact) mass is 449 g/mol. The zero-order valence-electron chi connectivity index (χ0n) is 19.1. The predicted molar refractivity (Wildman–Crippen MR) is 128 cm³/mol. The van der Waals surface area contributed by atoms with Crippen LogP contribution in [0, 0.1) is 5.82 Å². The first kappa shape index (κ1) is 23.3. The highest BCUT2D eigenvalue weighted by molar-refractivity contribution is 5.32. The third-order valence-corrected chi connectivity index (χ3v) is 6.20. The molecule has 174 valence electrons. The van der Waals surface area contributed by atoms with Gasteiger partial charge in [-0.2, -0.15) is 0 Å². The average molecular weight is 450 g/mol. The van der Waals surface area contributed by atoms with E-state index in [-0.39, 0.29) is 11.9 Å². The molecular weight excluding hydrogens is 417 g/mol. The molecule has 1 aliphatic rings. The molecule has 1 aliphatic heterocycles. The number of likely N-dealkylation sites (tertiary alicyclic amines) is 1. The van der Waals surface area contributed by atoms with Gasteiger partial charge >= 0.3 is 0 Å². The molecule has 0 aromatic heterocycles. The molecule has 1 heterocycles. The normalized spacial score (nSPS) is 21.0. The number of hydrogen-bond donors (Lipinski definition) is 1. The van der Waals surface area contributed by atoms with Gasteiger partial charge in [0.2, 0.25) is 0 Å². The van der Waals surface area contributed by atoms with Crippen molar-refractivity contribution in [3.8, 4) is 11.5 Å². The maximum absolute atomic E-state index is 13.3. The van der Waals surface area contributed by atoms with Crippen LogP contribution in [0.25, 0.3) is 0 Å². The van der Waals surface area contributed by atoms with Gasteiger partial charge in [0.15, 0.2) is 0 Å². The summed E-state index contributed by atoms with van der Waals surface area (Å²) in [5.41, 5.74) is 0.993. The SMILES string of the molecule is CCCN1CCC(O)(Cc2ccc(F)cc2)C(Oc2ccc(OCc3ccccc3)cc2)C1. The highest BCUT2D eigenvalue weighted by Gasteiger charge is 2.43. The van der Waals surface area contributed by atoms with Crippen LogP contribution in [0.15, 0.2) is 78.9 Å². The highest BCUT2D eigenvalue weighted by atomic mass is 19.1. The Kier molecular flexibility index (Phi) is 7.63. The molecule has 0 saturated carbocycles. The van der Waals surface area contributed by atoms with Crippen LogP contribution in [0.3, 0.4) is 0 Å². The minimum atomic E-state index is -1.02. The van der Waals surface area contributed by atoms with E-state index in [0.29, 0.717) is 31.7 Å². The lowest BCUT2D eigenvalue weighted by molar-refractivity contribution is -0.106. The number of nitrogens with zero attached hydrogens (tertiary/aromatic N) is 1. The van der Waals surface area contributed by atoms with E-state index in [4.69, 9.17) is 9.47 Å².